The fourth-order valence-electron chi connectivity index (χ4n) is 1.92. The van der Waals surface area contributed by atoms with Gasteiger partial charge < -0.3 is 14.8 Å². The van der Waals surface area contributed by atoms with Crippen molar-refractivity contribution in [3.05, 3.63) is 54.3 Å². The fraction of sp³-hybridized carbons (Fsp3) is 0.222. The zero-order valence-electron chi connectivity index (χ0n) is 14.2. The van der Waals surface area contributed by atoms with Crippen molar-refractivity contribution in [2.24, 2.45) is 0 Å². The predicted molar refractivity (Wildman–Crippen MR) is 94.4 cm³/mol. The lowest BCUT2D eigenvalue weighted by Gasteiger charge is -2.14. The molecule has 0 aliphatic carbocycles. The molecule has 1 atom stereocenters. The summed E-state index contributed by atoms with van der Waals surface area (Å²) in [6.07, 6.45) is -1.09. The highest BCUT2D eigenvalue weighted by Gasteiger charge is 2.18. The number of rotatable bonds is 8. The molecule has 9 heteroatoms. The van der Waals surface area contributed by atoms with E-state index >= 15 is 0 Å². The second-order valence-electron chi connectivity index (χ2n) is 5.27. The zero-order valence-corrected chi connectivity index (χ0v) is 15.0. The minimum absolute atomic E-state index is 0.284. The summed E-state index contributed by atoms with van der Waals surface area (Å²) < 4.78 is 47.4. The molecule has 0 heterocycles. The summed E-state index contributed by atoms with van der Waals surface area (Å²) >= 11 is 0.395. The van der Waals surface area contributed by atoms with E-state index in [0.717, 1.165) is 0 Å². The molecule has 2 rings (SSSR count). The summed E-state index contributed by atoms with van der Waals surface area (Å²) in [5.74, 6) is -4.03. The van der Waals surface area contributed by atoms with Gasteiger partial charge in [0.1, 0.15) is 11.6 Å². The molecular weight excluding hydrogens is 383 g/mol. The van der Waals surface area contributed by atoms with Crippen LogP contribution in [0.2, 0.25) is 0 Å². The highest BCUT2D eigenvalue weighted by molar-refractivity contribution is 7.99. The van der Waals surface area contributed by atoms with Crippen molar-refractivity contribution in [3.8, 4) is 5.75 Å². The maximum atomic E-state index is 12.8. The number of nitrogens with one attached hydrogen (secondary N) is 1. The highest BCUT2D eigenvalue weighted by Crippen LogP contribution is 2.26. The Labute approximate surface area is 157 Å². The topological polar surface area (TPSA) is 64.6 Å². The predicted octanol–water partition coefficient (Wildman–Crippen LogP) is 4.09. The monoisotopic (exact) mass is 399 g/mol. The maximum Gasteiger partial charge on any atom is 0.344 e. The second kappa shape index (κ2) is 9.86. The minimum Gasteiger partial charge on any atom is -0.482 e. The molecule has 0 saturated heterocycles. The van der Waals surface area contributed by atoms with E-state index in [1.54, 1.807) is 0 Å². The Kier molecular flexibility index (Phi) is 7.54. The first-order chi connectivity index (χ1) is 12.8. The van der Waals surface area contributed by atoms with Crippen molar-refractivity contribution in [2.75, 3.05) is 11.9 Å². The van der Waals surface area contributed by atoms with Gasteiger partial charge in [0, 0.05) is 10.6 Å². The van der Waals surface area contributed by atoms with Gasteiger partial charge in [-0.05, 0) is 55.5 Å². The van der Waals surface area contributed by atoms with E-state index in [2.05, 4.69) is 5.32 Å². The summed E-state index contributed by atoms with van der Waals surface area (Å²) in [6.45, 7) is 0.939. The van der Waals surface area contributed by atoms with Crippen LogP contribution in [-0.2, 0) is 14.3 Å². The van der Waals surface area contributed by atoms with Crippen molar-refractivity contribution in [1.29, 1.82) is 0 Å². The quantitative estimate of drug-likeness (QED) is 0.535. The molecule has 0 aliphatic heterocycles. The Bertz CT molecular complexity index is 769. The van der Waals surface area contributed by atoms with Crippen molar-refractivity contribution < 1.29 is 32.2 Å². The zero-order chi connectivity index (χ0) is 19.8. The largest absolute Gasteiger partial charge is 0.482 e. The van der Waals surface area contributed by atoms with Crippen LogP contribution in [0, 0.1) is 5.82 Å². The standard InChI is InChI=1S/C18H16F3NO4S/c1-11(26-16(23)10-25-14-6-2-12(19)3-7-14)17(24)22-13-4-8-15(9-5-13)27-18(20)21/h2-9,11,18H,10H2,1H3,(H,22,24)/t11-/m1/s1. The highest BCUT2D eigenvalue weighted by atomic mass is 32.2. The first-order valence-corrected chi connectivity index (χ1v) is 8.65. The Balaban J connectivity index is 1.78. The molecule has 0 aliphatic rings. The number of thioether (sulfide) groups is 1. The van der Waals surface area contributed by atoms with E-state index in [1.165, 1.54) is 55.5 Å². The van der Waals surface area contributed by atoms with Gasteiger partial charge in [0.2, 0.25) is 0 Å². The number of esters is 1. The molecule has 27 heavy (non-hydrogen) atoms. The number of anilines is 1. The van der Waals surface area contributed by atoms with E-state index in [9.17, 15) is 22.8 Å². The van der Waals surface area contributed by atoms with Gasteiger partial charge in [-0.1, -0.05) is 11.8 Å². The van der Waals surface area contributed by atoms with Crippen LogP contribution in [0.4, 0.5) is 18.9 Å². The van der Waals surface area contributed by atoms with Crippen LogP contribution in [0.25, 0.3) is 0 Å². The fourth-order valence-corrected chi connectivity index (χ4v) is 2.42. The van der Waals surface area contributed by atoms with Crippen molar-refractivity contribution in [3.63, 3.8) is 0 Å². The van der Waals surface area contributed by atoms with Gasteiger partial charge in [0.15, 0.2) is 12.7 Å². The van der Waals surface area contributed by atoms with Crippen LogP contribution in [0.5, 0.6) is 5.75 Å². The Hall–Kier alpha value is -2.68. The van der Waals surface area contributed by atoms with Crippen LogP contribution < -0.4 is 10.1 Å². The lowest BCUT2D eigenvalue weighted by Crippen LogP contribution is -2.31. The van der Waals surface area contributed by atoms with Gasteiger partial charge in [-0.2, -0.15) is 8.78 Å². The van der Waals surface area contributed by atoms with Crippen LogP contribution in [0.15, 0.2) is 53.4 Å². The Morgan fingerprint density at radius 2 is 1.70 bits per heavy atom. The molecular formula is C18H16F3NO4S. The van der Waals surface area contributed by atoms with Crippen LogP contribution in [0.3, 0.4) is 0 Å². The lowest BCUT2D eigenvalue weighted by molar-refractivity contribution is -0.155. The molecule has 0 fully saturated rings. The molecule has 1 N–H and O–H groups in total. The molecule has 1 amide bonds. The van der Waals surface area contributed by atoms with Crippen LogP contribution in [-0.4, -0.2) is 30.3 Å². The average Bonchev–Trinajstić information content (AvgIpc) is 2.62. The Morgan fingerprint density at radius 3 is 2.30 bits per heavy atom. The van der Waals surface area contributed by atoms with E-state index in [-0.39, 0.29) is 5.75 Å². The van der Waals surface area contributed by atoms with Gasteiger partial charge in [0.05, 0.1) is 0 Å². The van der Waals surface area contributed by atoms with E-state index in [4.69, 9.17) is 9.47 Å². The second-order valence-corrected chi connectivity index (χ2v) is 6.33. The molecule has 2 aromatic rings. The molecule has 0 spiro atoms. The van der Waals surface area contributed by atoms with E-state index < -0.39 is 36.2 Å². The van der Waals surface area contributed by atoms with Crippen molar-refractivity contribution in [2.45, 2.75) is 23.7 Å². The number of carbonyl (C=O) groups is 2. The number of hydrogen-bond donors (Lipinski definition) is 1. The number of hydrogen-bond acceptors (Lipinski definition) is 5. The third kappa shape index (κ3) is 7.22. The van der Waals surface area contributed by atoms with Crippen molar-refractivity contribution in [1.82, 2.24) is 0 Å². The third-order valence-corrected chi connectivity index (χ3v) is 3.92. The van der Waals surface area contributed by atoms with Crippen LogP contribution in [0.1, 0.15) is 6.92 Å². The molecule has 0 aromatic heterocycles. The van der Waals surface area contributed by atoms with Gasteiger partial charge >= 0.3 is 5.97 Å². The molecule has 5 nitrogen and oxygen atoms in total. The summed E-state index contributed by atoms with van der Waals surface area (Å²) in [5.41, 5.74) is 0.379. The molecule has 0 radical (unpaired) electrons. The van der Waals surface area contributed by atoms with Gasteiger partial charge in [-0.25, -0.2) is 9.18 Å². The summed E-state index contributed by atoms with van der Waals surface area (Å²) in [4.78, 5) is 24.1. The molecule has 144 valence electrons. The number of benzene rings is 2. The maximum absolute atomic E-state index is 12.8. The van der Waals surface area contributed by atoms with Gasteiger partial charge in [-0.3, -0.25) is 4.79 Å². The van der Waals surface area contributed by atoms with E-state index in [1.807, 2.05) is 0 Å². The molecule has 2 aromatic carbocycles. The average molecular weight is 399 g/mol. The first kappa shape index (κ1) is 20.6. The summed E-state index contributed by atoms with van der Waals surface area (Å²) in [5, 5.41) is 2.51. The first-order valence-electron chi connectivity index (χ1n) is 7.77. The smallest absolute Gasteiger partial charge is 0.344 e. The number of halogens is 3. The number of amides is 1. The van der Waals surface area contributed by atoms with Gasteiger partial charge in [-0.15, -0.1) is 0 Å². The lowest BCUT2D eigenvalue weighted by atomic mass is 10.3. The van der Waals surface area contributed by atoms with Gasteiger partial charge in [0.25, 0.3) is 11.7 Å². The third-order valence-electron chi connectivity index (χ3n) is 3.19. The normalized spacial score (nSPS) is 11.7. The van der Waals surface area contributed by atoms with Crippen molar-refractivity contribution >= 4 is 29.3 Å². The summed E-state index contributed by atoms with van der Waals surface area (Å²) in [6, 6.07) is 10.9. The number of ether oxygens (including phenoxy) is 2. The minimum atomic E-state index is -2.53. The van der Waals surface area contributed by atoms with Crippen LogP contribution >= 0.6 is 11.8 Å². The summed E-state index contributed by atoms with van der Waals surface area (Å²) in [7, 11) is 0. The SMILES string of the molecule is C[C@@H](OC(=O)COc1ccc(F)cc1)C(=O)Nc1ccc(SC(F)F)cc1. The number of alkyl halides is 2. The number of carbonyl (C=O) groups excluding carboxylic acids is 2. The Morgan fingerprint density at radius 1 is 1.07 bits per heavy atom. The molecule has 0 saturated carbocycles. The molecule has 0 unspecified atom stereocenters. The van der Waals surface area contributed by atoms with E-state index in [0.29, 0.717) is 22.3 Å². The molecule has 0 bridgehead atoms.